The molecule has 0 fully saturated rings. The number of isothiocyanates is 1. The lowest BCUT2D eigenvalue weighted by Crippen LogP contribution is -2.35. The summed E-state index contributed by atoms with van der Waals surface area (Å²) in [4.78, 5) is 23.2. The van der Waals surface area contributed by atoms with Crippen LogP contribution in [0.3, 0.4) is 0 Å². The molecule has 0 spiro atoms. The first-order valence-electron chi connectivity index (χ1n) is 4.96. The third-order valence-corrected chi connectivity index (χ3v) is 3.73. The average molecular weight is 304 g/mol. The highest BCUT2D eigenvalue weighted by molar-refractivity contribution is 8.01. The molecular formula is C10H9FN2O4S2. The highest BCUT2D eigenvalue weighted by Crippen LogP contribution is 2.39. The van der Waals surface area contributed by atoms with Crippen molar-refractivity contribution >= 4 is 35.1 Å². The predicted octanol–water partition coefficient (Wildman–Crippen LogP) is 2.11. The lowest BCUT2D eigenvalue weighted by atomic mass is 10.1. The first kappa shape index (κ1) is 15.5. The maximum Gasteiger partial charge on any atom is 0.315 e. The molecule has 0 aromatic carbocycles. The van der Waals surface area contributed by atoms with Crippen LogP contribution in [0.4, 0.5) is 4.39 Å². The van der Waals surface area contributed by atoms with Crippen molar-refractivity contribution in [1.82, 2.24) is 0 Å². The van der Waals surface area contributed by atoms with E-state index < -0.39 is 28.0 Å². The molecule has 0 N–H and O–H groups in total. The van der Waals surface area contributed by atoms with Crippen LogP contribution in [0.2, 0.25) is 0 Å². The van der Waals surface area contributed by atoms with Crippen LogP contribution >= 0.6 is 24.0 Å². The normalized spacial score (nSPS) is 21.8. The summed E-state index contributed by atoms with van der Waals surface area (Å²) in [5.41, 5.74) is -0.0915. The quantitative estimate of drug-likeness (QED) is 0.193. The minimum absolute atomic E-state index is 0.0915. The van der Waals surface area contributed by atoms with Crippen molar-refractivity contribution in [3.8, 4) is 0 Å². The van der Waals surface area contributed by atoms with Crippen LogP contribution in [0, 0.1) is 10.1 Å². The van der Waals surface area contributed by atoms with Crippen LogP contribution in [-0.4, -0.2) is 33.8 Å². The summed E-state index contributed by atoms with van der Waals surface area (Å²) in [5, 5.41) is 13.1. The topological polar surface area (TPSA) is 81.8 Å². The first-order valence-corrected chi connectivity index (χ1v) is 6.35. The minimum Gasteiger partial charge on any atom is -0.468 e. The number of aliphatic imine (C=N–C) groups is 1. The van der Waals surface area contributed by atoms with Crippen molar-refractivity contribution < 1.29 is 18.8 Å². The molecule has 1 aliphatic rings. The maximum atomic E-state index is 13.7. The molecule has 1 unspecified atom stereocenters. The van der Waals surface area contributed by atoms with E-state index in [4.69, 9.17) is 0 Å². The van der Waals surface area contributed by atoms with Crippen molar-refractivity contribution in [2.45, 2.75) is 11.3 Å². The number of nitrogens with zero attached hydrogens (tertiary/aromatic N) is 2. The smallest absolute Gasteiger partial charge is 0.315 e. The van der Waals surface area contributed by atoms with Gasteiger partial charge in [-0.2, -0.15) is 4.99 Å². The molecule has 0 aromatic rings. The fraction of sp³-hybridized carbons (Fsp3) is 0.400. The Labute approximate surface area is 117 Å². The molecule has 0 aromatic heterocycles. The zero-order valence-electron chi connectivity index (χ0n) is 9.79. The van der Waals surface area contributed by atoms with E-state index in [0.717, 1.165) is 6.08 Å². The van der Waals surface area contributed by atoms with E-state index in [1.165, 1.54) is 13.2 Å². The van der Waals surface area contributed by atoms with E-state index in [-0.39, 0.29) is 11.4 Å². The lowest BCUT2D eigenvalue weighted by Gasteiger charge is -2.22. The Bertz CT molecular complexity index is 514. The van der Waals surface area contributed by atoms with Gasteiger partial charge >= 0.3 is 5.97 Å². The average Bonchev–Trinajstić information content (AvgIpc) is 2.38. The minimum atomic E-state index is -1.74. The summed E-state index contributed by atoms with van der Waals surface area (Å²) >= 11 is 5.03. The molecule has 0 saturated heterocycles. The summed E-state index contributed by atoms with van der Waals surface area (Å²) in [6.07, 6.45) is 1.84. The molecule has 0 saturated carbocycles. The van der Waals surface area contributed by atoms with Gasteiger partial charge in [-0.15, -0.1) is 0 Å². The Morgan fingerprint density at radius 2 is 2.53 bits per heavy atom. The van der Waals surface area contributed by atoms with E-state index in [2.05, 4.69) is 21.9 Å². The number of allylic oxidation sites excluding steroid dienone is 1. The van der Waals surface area contributed by atoms with Crippen molar-refractivity contribution in [3.05, 3.63) is 33.8 Å². The molecule has 0 amide bonds. The second kappa shape index (κ2) is 6.55. The molecule has 9 heteroatoms. The summed E-state index contributed by atoms with van der Waals surface area (Å²) in [6.45, 7) is 0. The molecule has 1 aliphatic carbocycles. The highest BCUT2D eigenvalue weighted by Gasteiger charge is 2.45. The molecule has 6 nitrogen and oxygen atoms in total. The predicted molar refractivity (Wildman–Crippen MR) is 71.1 cm³/mol. The molecule has 0 aliphatic heterocycles. The van der Waals surface area contributed by atoms with Crippen molar-refractivity contribution in [3.63, 3.8) is 0 Å². The van der Waals surface area contributed by atoms with E-state index in [1.54, 1.807) is 0 Å². The Morgan fingerprint density at radius 1 is 1.84 bits per heavy atom. The molecule has 0 radical (unpaired) electrons. The van der Waals surface area contributed by atoms with Crippen molar-refractivity contribution in [1.29, 1.82) is 0 Å². The summed E-state index contributed by atoms with van der Waals surface area (Å²) in [6, 6.07) is 0. The van der Waals surface area contributed by atoms with Crippen LogP contribution in [-0.2, 0) is 9.53 Å². The number of thiocarbonyl (C=S) groups is 1. The number of carbonyl (C=O) groups excluding carboxylic acids is 1. The van der Waals surface area contributed by atoms with Crippen molar-refractivity contribution in [2.24, 2.45) is 4.99 Å². The van der Waals surface area contributed by atoms with Gasteiger partial charge in [0.15, 0.2) is 0 Å². The summed E-state index contributed by atoms with van der Waals surface area (Å²) in [5.74, 6) is -1.64. The Morgan fingerprint density at radius 3 is 3.00 bits per heavy atom. The van der Waals surface area contributed by atoms with Gasteiger partial charge in [0.2, 0.25) is 0 Å². The van der Waals surface area contributed by atoms with Crippen LogP contribution < -0.4 is 0 Å². The molecule has 19 heavy (non-hydrogen) atoms. The van der Waals surface area contributed by atoms with E-state index in [1.807, 2.05) is 5.16 Å². The monoisotopic (exact) mass is 304 g/mol. The Kier molecular flexibility index (Phi) is 5.34. The number of ether oxygens (including phenoxy) is 1. The second-order valence-electron chi connectivity index (χ2n) is 3.47. The van der Waals surface area contributed by atoms with Gasteiger partial charge in [-0.3, -0.25) is 14.9 Å². The number of hydrogen-bond donors (Lipinski definition) is 0. The fourth-order valence-electron chi connectivity index (χ4n) is 1.34. The SMILES string of the molecule is COC(=O)CSC1([N+](=O)[O-])C=CC(N=C=S)=C(F)C1. The first-order chi connectivity index (χ1) is 8.95. The summed E-state index contributed by atoms with van der Waals surface area (Å²) in [7, 11) is 1.17. The molecule has 1 atom stereocenters. The number of hydrogen-bond acceptors (Lipinski definition) is 7. The van der Waals surface area contributed by atoms with Gasteiger partial charge in [0.25, 0.3) is 4.87 Å². The van der Waals surface area contributed by atoms with Gasteiger partial charge in [-0.25, -0.2) is 4.39 Å². The number of esters is 1. The lowest BCUT2D eigenvalue weighted by molar-refractivity contribution is -0.524. The maximum absolute atomic E-state index is 13.7. The van der Waals surface area contributed by atoms with Gasteiger partial charge in [-0.05, 0) is 18.3 Å². The highest BCUT2D eigenvalue weighted by atomic mass is 32.2. The number of halogens is 1. The van der Waals surface area contributed by atoms with E-state index in [0.29, 0.717) is 11.8 Å². The van der Waals surface area contributed by atoms with Gasteiger partial charge in [0, 0.05) is 11.0 Å². The van der Waals surface area contributed by atoms with Crippen LogP contribution in [0.15, 0.2) is 28.7 Å². The van der Waals surface area contributed by atoms with Crippen molar-refractivity contribution in [2.75, 3.05) is 12.9 Å². The van der Waals surface area contributed by atoms with Gasteiger partial charge in [0.1, 0.15) is 11.5 Å². The van der Waals surface area contributed by atoms with Gasteiger partial charge in [0.05, 0.1) is 24.4 Å². The Hall–Kier alpha value is -1.57. The zero-order chi connectivity index (χ0) is 14.5. The number of thioether (sulfide) groups is 1. The third-order valence-electron chi connectivity index (χ3n) is 2.33. The number of rotatable bonds is 5. The number of carbonyl (C=O) groups is 1. The number of methoxy groups -OCH3 is 1. The van der Waals surface area contributed by atoms with E-state index in [9.17, 15) is 19.3 Å². The number of nitro groups is 1. The summed E-state index contributed by atoms with van der Waals surface area (Å²) < 4.78 is 18.1. The van der Waals surface area contributed by atoms with Crippen LogP contribution in [0.1, 0.15) is 6.42 Å². The molecular weight excluding hydrogens is 295 g/mol. The van der Waals surface area contributed by atoms with Crippen LogP contribution in [0.5, 0.6) is 0 Å². The Balaban J connectivity index is 2.94. The zero-order valence-corrected chi connectivity index (χ0v) is 11.4. The second-order valence-corrected chi connectivity index (χ2v) is 4.94. The molecule has 0 heterocycles. The van der Waals surface area contributed by atoms with Gasteiger partial charge in [-0.1, -0.05) is 11.8 Å². The van der Waals surface area contributed by atoms with E-state index >= 15 is 0 Å². The van der Waals surface area contributed by atoms with Crippen LogP contribution in [0.25, 0.3) is 0 Å². The van der Waals surface area contributed by atoms with Gasteiger partial charge < -0.3 is 4.74 Å². The largest absolute Gasteiger partial charge is 0.468 e. The molecule has 102 valence electrons. The molecule has 0 bridgehead atoms. The third kappa shape index (κ3) is 3.69. The molecule has 1 rings (SSSR count). The fourth-order valence-corrected chi connectivity index (χ4v) is 2.42. The standard InChI is InChI=1S/C10H9FN2O4S2/c1-17-9(14)5-19-10(13(15)16)3-2-8(12-6-18)7(11)4-10/h2-3H,4-5H2,1H3.